The van der Waals surface area contributed by atoms with Gasteiger partial charge in [0.15, 0.2) is 0 Å². The minimum atomic E-state index is -1.82. The summed E-state index contributed by atoms with van der Waals surface area (Å²) in [4.78, 5) is 23.3. The molecule has 1 atom stereocenters. The van der Waals surface area contributed by atoms with Gasteiger partial charge in [0.1, 0.15) is 0 Å². The maximum atomic E-state index is 11.2. The fourth-order valence-corrected chi connectivity index (χ4v) is 6.49. The third kappa shape index (κ3) is 5.27. The average Bonchev–Trinajstić information content (AvgIpc) is 3.51. The number of fused-ring (bicyclic) bond motifs is 6. The molecule has 8 heteroatoms. The molecule has 4 aromatic carbocycles. The Morgan fingerprint density at radius 2 is 1.10 bits per heavy atom. The van der Waals surface area contributed by atoms with Gasteiger partial charge in [-0.25, -0.2) is 9.59 Å². The zero-order chi connectivity index (χ0) is 29.2. The lowest BCUT2D eigenvalue weighted by molar-refractivity contribution is -0.159. The molecule has 2 heterocycles. The number of nitrogens with zero attached hydrogens (tertiary/aromatic N) is 3. The van der Waals surface area contributed by atoms with Crippen molar-refractivity contribution in [3.63, 3.8) is 0 Å². The van der Waals surface area contributed by atoms with Crippen LogP contribution < -0.4 is 0 Å². The molecule has 1 aromatic heterocycles. The second-order valence-electron chi connectivity index (χ2n) is 10.8. The number of para-hydroxylation sites is 2. The van der Waals surface area contributed by atoms with Crippen LogP contribution in [0.3, 0.4) is 0 Å². The van der Waals surface area contributed by atoms with Crippen LogP contribution in [-0.2, 0) is 16.1 Å². The Hall–Kier alpha value is -4.50. The number of aromatic nitrogens is 1. The first-order valence-electron chi connectivity index (χ1n) is 14.2. The average molecular weight is 564 g/mol. The molecule has 7 rings (SSSR count). The second kappa shape index (κ2) is 11.8. The summed E-state index contributed by atoms with van der Waals surface area (Å²) in [6.07, 6.45) is -0.413. The molecule has 1 unspecified atom stereocenters. The first-order valence-corrected chi connectivity index (χ1v) is 14.2. The summed E-state index contributed by atoms with van der Waals surface area (Å²) < 4.78 is 2.29. The number of β-amino-alcohol motifs (C(OH)–C–C–N with tert-alkyl or cyclic N) is 1. The topological polar surface area (TPSA) is 106 Å². The van der Waals surface area contributed by atoms with Crippen molar-refractivity contribution in [1.29, 1.82) is 0 Å². The molecule has 1 saturated heterocycles. The Labute approximate surface area is 243 Å². The molecule has 2 aliphatic rings. The van der Waals surface area contributed by atoms with Crippen LogP contribution in [0.25, 0.3) is 32.9 Å². The molecular weight excluding hydrogens is 530 g/mol. The van der Waals surface area contributed by atoms with Gasteiger partial charge in [-0.3, -0.25) is 9.80 Å². The lowest BCUT2D eigenvalue weighted by Crippen LogP contribution is -2.49. The highest BCUT2D eigenvalue weighted by Crippen LogP contribution is 2.46. The number of carbonyl (C=O) groups is 2. The number of carboxylic acid groups (broad SMARTS) is 2. The van der Waals surface area contributed by atoms with Crippen LogP contribution >= 0.6 is 0 Å². The summed E-state index contributed by atoms with van der Waals surface area (Å²) in [6.45, 7) is 5.28. The van der Waals surface area contributed by atoms with Gasteiger partial charge in [0.05, 0.1) is 18.7 Å². The highest BCUT2D eigenvalue weighted by Gasteiger charge is 2.34. The molecule has 0 saturated carbocycles. The second-order valence-corrected chi connectivity index (χ2v) is 10.8. The number of hydrogen-bond acceptors (Lipinski definition) is 5. The SMILES string of the molecule is O=C(O)C(=O)O.OC(CN1CCN(C2c3ccccc3-c3ccccc32)CC1)Cn1c2ccccc2c2ccccc21. The van der Waals surface area contributed by atoms with Crippen molar-refractivity contribution in [2.75, 3.05) is 32.7 Å². The molecule has 0 spiro atoms. The fraction of sp³-hybridized carbons (Fsp3) is 0.235. The molecule has 1 aliphatic heterocycles. The van der Waals surface area contributed by atoms with E-state index in [0.29, 0.717) is 19.1 Å². The first kappa shape index (κ1) is 27.7. The van der Waals surface area contributed by atoms with E-state index < -0.39 is 18.0 Å². The summed E-state index contributed by atoms with van der Waals surface area (Å²) in [6, 6.07) is 35.1. The summed E-state index contributed by atoms with van der Waals surface area (Å²) >= 11 is 0. The van der Waals surface area contributed by atoms with E-state index in [4.69, 9.17) is 19.8 Å². The van der Waals surface area contributed by atoms with Gasteiger partial charge in [0, 0.05) is 54.5 Å². The normalized spacial score (nSPS) is 16.0. The van der Waals surface area contributed by atoms with Gasteiger partial charge < -0.3 is 19.9 Å². The maximum Gasteiger partial charge on any atom is 0.414 e. The van der Waals surface area contributed by atoms with Crippen molar-refractivity contribution in [2.24, 2.45) is 0 Å². The van der Waals surface area contributed by atoms with Crippen LogP contribution in [0, 0.1) is 0 Å². The Morgan fingerprint density at radius 1 is 0.643 bits per heavy atom. The third-order valence-corrected chi connectivity index (χ3v) is 8.30. The smallest absolute Gasteiger partial charge is 0.414 e. The van der Waals surface area contributed by atoms with E-state index >= 15 is 0 Å². The Bertz CT molecular complexity index is 1640. The minimum absolute atomic E-state index is 0.335. The number of piperazine rings is 1. The monoisotopic (exact) mass is 563 g/mol. The number of aliphatic hydroxyl groups is 1. The number of carboxylic acids is 2. The number of benzene rings is 4. The summed E-state index contributed by atoms with van der Waals surface area (Å²) in [5, 5.41) is 28.4. The molecule has 0 amide bonds. The van der Waals surface area contributed by atoms with Crippen molar-refractivity contribution in [3.8, 4) is 11.1 Å². The van der Waals surface area contributed by atoms with E-state index in [2.05, 4.69) is 111 Å². The van der Waals surface area contributed by atoms with Crippen LogP contribution in [0.5, 0.6) is 0 Å². The molecule has 1 aliphatic carbocycles. The van der Waals surface area contributed by atoms with Gasteiger partial charge in [-0.2, -0.15) is 0 Å². The van der Waals surface area contributed by atoms with Crippen LogP contribution in [-0.4, -0.2) is 80.5 Å². The van der Waals surface area contributed by atoms with Gasteiger partial charge in [-0.15, -0.1) is 0 Å². The maximum absolute atomic E-state index is 11.2. The Balaban J connectivity index is 0.000000479. The lowest BCUT2D eigenvalue weighted by Gasteiger charge is -2.39. The van der Waals surface area contributed by atoms with Gasteiger partial charge in [0.2, 0.25) is 0 Å². The van der Waals surface area contributed by atoms with Crippen LogP contribution in [0.2, 0.25) is 0 Å². The molecule has 214 valence electrons. The highest BCUT2D eigenvalue weighted by molar-refractivity contribution is 6.27. The fourth-order valence-electron chi connectivity index (χ4n) is 6.49. The Morgan fingerprint density at radius 3 is 1.60 bits per heavy atom. The van der Waals surface area contributed by atoms with E-state index in [1.54, 1.807) is 0 Å². The quantitative estimate of drug-likeness (QED) is 0.266. The molecule has 1 fully saturated rings. The molecule has 8 nitrogen and oxygen atoms in total. The zero-order valence-corrected chi connectivity index (χ0v) is 23.1. The van der Waals surface area contributed by atoms with Crippen LogP contribution in [0.1, 0.15) is 17.2 Å². The van der Waals surface area contributed by atoms with Crippen molar-refractivity contribution in [1.82, 2.24) is 14.4 Å². The van der Waals surface area contributed by atoms with Crippen LogP contribution in [0.15, 0.2) is 97.1 Å². The predicted molar refractivity (Wildman–Crippen MR) is 162 cm³/mol. The largest absolute Gasteiger partial charge is 0.473 e. The summed E-state index contributed by atoms with van der Waals surface area (Å²) in [5.41, 5.74) is 8.00. The molecule has 0 bridgehead atoms. The van der Waals surface area contributed by atoms with Crippen molar-refractivity contribution >= 4 is 33.7 Å². The molecule has 3 N–H and O–H groups in total. The van der Waals surface area contributed by atoms with E-state index in [9.17, 15) is 5.11 Å². The van der Waals surface area contributed by atoms with E-state index in [1.807, 2.05) is 0 Å². The molecule has 0 radical (unpaired) electrons. The van der Waals surface area contributed by atoms with Crippen molar-refractivity contribution in [3.05, 3.63) is 108 Å². The summed E-state index contributed by atoms with van der Waals surface area (Å²) in [7, 11) is 0. The number of aliphatic hydroxyl groups excluding tert-OH is 1. The summed E-state index contributed by atoms with van der Waals surface area (Å²) in [5.74, 6) is -3.65. The first-order chi connectivity index (χ1) is 20.4. The number of rotatable bonds is 5. The minimum Gasteiger partial charge on any atom is -0.473 e. The number of aliphatic carboxylic acids is 2. The third-order valence-electron chi connectivity index (χ3n) is 8.30. The lowest BCUT2D eigenvalue weighted by atomic mass is 10.0. The van der Waals surface area contributed by atoms with E-state index in [0.717, 1.165) is 26.2 Å². The molecule has 5 aromatic rings. The molecular formula is C34H33N3O5. The van der Waals surface area contributed by atoms with Gasteiger partial charge in [-0.1, -0.05) is 84.9 Å². The standard InChI is InChI=1S/C32H31N3O.C2H2O4/c36-23(22-35-30-15-7-5-11-26(30)27-12-6-8-16-31(27)35)21-33-17-19-34(20-18-33)32-28-13-3-1-9-24(28)25-10-2-4-14-29(25)32;3-1(4)2(5)6/h1-16,23,32,36H,17-22H2;(H,3,4)(H,5,6). The van der Waals surface area contributed by atoms with E-state index in [-0.39, 0.29) is 0 Å². The van der Waals surface area contributed by atoms with E-state index in [1.165, 1.54) is 44.1 Å². The van der Waals surface area contributed by atoms with Crippen molar-refractivity contribution < 1.29 is 24.9 Å². The number of hydrogen-bond donors (Lipinski definition) is 3. The Kier molecular flexibility index (Phi) is 7.75. The predicted octanol–water partition coefficient (Wildman–Crippen LogP) is 4.70. The van der Waals surface area contributed by atoms with Gasteiger partial charge in [0.25, 0.3) is 0 Å². The zero-order valence-electron chi connectivity index (χ0n) is 23.1. The van der Waals surface area contributed by atoms with Crippen LogP contribution in [0.4, 0.5) is 0 Å². The van der Waals surface area contributed by atoms with Gasteiger partial charge >= 0.3 is 11.9 Å². The highest BCUT2D eigenvalue weighted by atomic mass is 16.4. The van der Waals surface area contributed by atoms with Crippen molar-refractivity contribution in [2.45, 2.75) is 18.7 Å². The molecule has 42 heavy (non-hydrogen) atoms. The van der Waals surface area contributed by atoms with Gasteiger partial charge in [-0.05, 0) is 34.4 Å².